The number of halogens is 1. The van der Waals surface area contributed by atoms with Crippen molar-refractivity contribution in [2.45, 2.75) is 18.8 Å². The second-order valence-electron chi connectivity index (χ2n) is 3.66. The molecule has 5 heteroatoms. The van der Waals surface area contributed by atoms with E-state index in [0.717, 1.165) is 5.82 Å². The number of nitrogens with zero attached hydrogens (tertiary/aromatic N) is 3. The van der Waals surface area contributed by atoms with E-state index in [1.165, 1.54) is 6.20 Å². The van der Waals surface area contributed by atoms with Crippen molar-refractivity contribution >= 4 is 22.9 Å². The van der Waals surface area contributed by atoms with Gasteiger partial charge in [-0.1, -0.05) is 11.6 Å². The second-order valence-corrected chi connectivity index (χ2v) is 4.02. The molecule has 0 unspecified atom stereocenters. The van der Waals surface area contributed by atoms with Crippen molar-refractivity contribution < 1.29 is 6.17 Å². The van der Waals surface area contributed by atoms with Crippen LogP contribution in [0.3, 0.4) is 0 Å². The molecule has 0 N–H and O–H groups in total. The van der Waals surface area contributed by atoms with Crippen LogP contribution in [0.1, 0.15) is 26.0 Å². The molecule has 1 aliphatic carbocycles. The predicted molar refractivity (Wildman–Crippen MR) is 55.0 cm³/mol. The Balaban J connectivity index is 2.19. The van der Waals surface area contributed by atoms with Crippen molar-refractivity contribution in [3.8, 4) is 0 Å². The lowest BCUT2D eigenvalue weighted by Gasteiger charge is -2.22. The Kier molecular flexibility index (Phi) is 1.58. The first-order valence-corrected chi connectivity index (χ1v) is 5.05. The van der Waals surface area contributed by atoms with E-state index in [1.807, 2.05) is 0 Å². The van der Waals surface area contributed by atoms with Gasteiger partial charge in [0.05, 0.1) is 7.57 Å². The van der Waals surface area contributed by atoms with Crippen LogP contribution in [0.2, 0.25) is 5.15 Å². The molecule has 0 aromatic carbocycles. The van der Waals surface area contributed by atoms with Crippen LogP contribution in [0.5, 0.6) is 0 Å². The molecule has 1 fully saturated rings. The Labute approximate surface area is 92.3 Å². The standard InChI is InChI=1S/C10H8ClN3O/c11-9-8-5-13-10(6-3-7(15)4-6)14(8)2-1-12-9/h1-2,5-6H,3-4H2/i2D. The quantitative estimate of drug-likeness (QED) is 0.740. The summed E-state index contributed by atoms with van der Waals surface area (Å²) in [5, 5.41) is 0.334. The Morgan fingerprint density at radius 1 is 1.53 bits per heavy atom. The molecule has 1 saturated carbocycles. The average Bonchev–Trinajstić information content (AvgIpc) is 2.64. The van der Waals surface area contributed by atoms with Crippen LogP contribution in [0.25, 0.3) is 5.52 Å². The summed E-state index contributed by atoms with van der Waals surface area (Å²) in [5.41, 5.74) is 0.628. The highest BCUT2D eigenvalue weighted by Crippen LogP contribution is 2.33. The van der Waals surface area contributed by atoms with E-state index in [1.54, 1.807) is 10.6 Å². The van der Waals surface area contributed by atoms with E-state index in [9.17, 15) is 4.79 Å². The van der Waals surface area contributed by atoms with Gasteiger partial charge in [0.15, 0.2) is 5.15 Å². The van der Waals surface area contributed by atoms with Crippen molar-refractivity contribution in [1.29, 1.82) is 0 Å². The number of carbonyl (C=O) groups excluding carboxylic acids is 1. The molecule has 1 aliphatic rings. The minimum Gasteiger partial charge on any atom is -0.300 e. The minimum atomic E-state index is 0.123. The van der Waals surface area contributed by atoms with Gasteiger partial charge in [0.1, 0.15) is 17.1 Å². The maximum Gasteiger partial charge on any atom is 0.154 e. The van der Waals surface area contributed by atoms with E-state index in [4.69, 9.17) is 13.0 Å². The summed E-state index contributed by atoms with van der Waals surface area (Å²) < 4.78 is 9.44. The van der Waals surface area contributed by atoms with Crippen LogP contribution < -0.4 is 0 Å². The van der Waals surface area contributed by atoms with Crippen LogP contribution in [0, 0.1) is 0 Å². The number of fused-ring (bicyclic) bond motifs is 1. The molecular formula is C10H8ClN3O. The third-order valence-electron chi connectivity index (χ3n) is 2.68. The van der Waals surface area contributed by atoms with Gasteiger partial charge in [0, 0.05) is 31.1 Å². The third-order valence-corrected chi connectivity index (χ3v) is 2.97. The van der Waals surface area contributed by atoms with Gasteiger partial charge in [0.2, 0.25) is 0 Å². The fourth-order valence-corrected chi connectivity index (χ4v) is 2.00. The zero-order valence-corrected chi connectivity index (χ0v) is 8.53. The number of ketones is 1. The van der Waals surface area contributed by atoms with Gasteiger partial charge in [-0.25, -0.2) is 9.97 Å². The molecule has 0 spiro atoms. The Bertz CT molecular complexity index is 587. The number of Topliss-reactive ketones (excluding diaryl/α,β-unsaturated/α-hetero) is 1. The van der Waals surface area contributed by atoms with E-state index >= 15 is 0 Å². The molecule has 2 heterocycles. The SMILES string of the molecule is [2H]c1cnc(Cl)c2cnc(C3CC(=O)C3)n12. The van der Waals surface area contributed by atoms with Crippen molar-refractivity contribution in [2.24, 2.45) is 0 Å². The lowest BCUT2D eigenvalue weighted by molar-refractivity contribution is -0.124. The normalized spacial score (nSPS) is 17.9. The van der Waals surface area contributed by atoms with Crippen molar-refractivity contribution in [2.75, 3.05) is 0 Å². The fourth-order valence-electron chi connectivity index (χ4n) is 1.82. The summed E-state index contributed by atoms with van der Waals surface area (Å²) in [6.45, 7) is 0. The highest BCUT2D eigenvalue weighted by Gasteiger charge is 2.31. The molecule has 0 atom stereocenters. The van der Waals surface area contributed by atoms with Gasteiger partial charge >= 0.3 is 0 Å². The molecule has 0 amide bonds. The minimum absolute atomic E-state index is 0.123. The van der Waals surface area contributed by atoms with Gasteiger partial charge < -0.3 is 0 Å². The summed E-state index contributed by atoms with van der Waals surface area (Å²) in [4.78, 5) is 19.1. The number of imidazole rings is 1. The molecule has 2 aromatic heterocycles. The van der Waals surface area contributed by atoms with E-state index < -0.39 is 0 Å². The van der Waals surface area contributed by atoms with Crippen molar-refractivity contribution in [1.82, 2.24) is 14.4 Å². The number of carbonyl (C=O) groups is 1. The Morgan fingerprint density at radius 2 is 2.33 bits per heavy atom. The van der Waals surface area contributed by atoms with Gasteiger partial charge in [-0.2, -0.15) is 0 Å². The average molecular weight is 223 g/mol. The summed E-state index contributed by atoms with van der Waals surface area (Å²) in [7, 11) is 0. The molecule has 0 aliphatic heterocycles. The number of hydrogen-bond donors (Lipinski definition) is 0. The summed E-state index contributed by atoms with van der Waals surface area (Å²) >= 11 is 5.91. The first-order chi connectivity index (χ1) is 7.66. The highest BCUT2D eigenvalue weighted by atomic mass is 35.5. The zero-order valence-electron chi connectivity index (χ0n) is 8.77. The predicted octanol–water partition coefficient (Wildman–Crippen LogP) is 1.83. The molecular weight excluding hydrogens is 214 g/mol. The van der Waals surface area contributed by atoms with Gasteiger partial charge in [-0.3, -0.25) is 9.20 Å². The molecule has 3 rings (SSSR count). The van der Waals surface area contributed by atoms with Crippen LogP contribution in [0.4, 0.5) is 0 Å². The van der Waals surface area contributed by atoms with E-state index in [0.29, 0.717) is 23.5 Å². The molecule has 2 aromatic rings. The van der Waals surface area contributed by atoms with E-state index in [2.05, 4.69) is 9.97 Å². The first-order valence-electron chi connectivity index (χ1n) is 5.17. The molecule has 15 heavy (non-hydrogen) atoms. The fraction of sp³-hybridized carbons (Fsp3) is 0.300. The maximum absolute atomic E-state index is 11.0. The summed E-state index contributed by atoms with van der Waals surface area (Å²) in [6.07, 6.45) is 4.26. The zero-order chi connectivity index (χ0) is 11.3. The van der Waals surface area contributed by atoms with Crippen LogP contribution in [-0.4, -0.2) is 20.2 Å². The molecule has 76 valence electrons. The number of aromatic nitrogens is 3. The Morgan fingerprint density at radius 3 is 3.07 bits per heavy atom. The Hall–Kier alpha value is -1.42. The summed E-state index contributed by atoms with van der Waals surface area (Å²) in [5.74, 6) is 1.11. The smallest absolute Gasteiger partial charge is 0.154 e. The van der Waals surface area contributed by atoms with Gasteiger partial charge in [0.25, 0.3) is 0 Å². The summed E-state index contributed by atoms with van der Waals surface area (Å²) in [6, 6.07) is 0. The molecule has 0 bridgehead atoms. The monoisotopic (exact) mass is 222 g/mol. The number of hydrogen-bond acceptors (Lipinski definition) is 3. The topological polar surface area (TPSA) is 47.3 Å². The lowest BCUT2D eigenvalue weighted by atomic mass is 9.83. The number of rotatable bonds is 1. The van der Waals surface area contributed by atoms with Crippen molar-refractivity contribution in [3.63, 3.8) is 0 Å². The molecule has 4 nitrogen and oxygen atoms in total. The van der Waals surface area contributed by atoms with Gasteiger partial charge in [-0.15, -0.1) is 0 Å². The molecule has 0 saturated heterocycles. The maximum atomic E-state index is 11.0. The second kappa shape index (κ2) is 3.03. The first kappa shape index (κ1) is 7.82. The van der Waals surface area contributed by atoms with Crippen LogP contribution >= 0.6 is 11.6 Å². The third kappa shape index (κ3) is 1.25. The van der Waals surface area contributed by atoms with Gasteiger partial charge in [-0.05, 0) is 0 Å². The van der Waals surface area contributed by atoms with E-state index in [-0.39, 0.29) is 17.9 Å². The molecule has 0 radical (unpaired) electrons. The highest BCUT2D eigenvalue weighted by molar-refractivity contribution is 6.32. The largest absolute Gasteiger partial charge is 0.300 e. The van der Waals surface area contributed by atoms with Crippen molar-refractivity contribution in [3.05, 3.63) is 29.5 Å². The van der Waals surface area contributed by atoms with Crippen LogP contribution in [0.15, 0.2) is 18.6 Å². The van der Waals surface area contributed by atoms with Crippen LogP contribution in [-0.2, 0) is 4.79 Å². The lowest BCUT2D eigenvalue weighted by Crippen LogP contribution is -2.23.